The summed E-state index contributed by atoms with van der Waals surface area (Å²) in [4.78, 5) is 22.8. The molecule has 0 fully saturated rings. The second-order valence-electron chi connectivity index (χ2n) is 5.51. The zero-order valence-corrected chi connectivity index (χ0v) is 13.4. The number of anilines is 1. The minimum Gasteiger partial charge on any atom is -0.395 e. The van der Waals surface area contributed by atoms with Crippen LogP contribution in [0.15, 0.2) is 42.9 Å². The minimum atomic E-state index is -0.167. The maximum Gasteiger partial charge on any atom is 0.257 e. The van der Waals surface area contributed by atoms with Crippen LogP contribution in [0.2, 0.25) is 0 Å². The third-order valence-corrected chi connectivity index (χ3v) is 3.22. The lowest BCUT2D eigenvalue weighted by Gasteiger charge is -2.23. The first-order valence-corrected chi connectivity index (χ1v) is 7.62. The van der Waals surface area contributed by atoms with Gasteiger partial charge in [0.1, 0.15) is 5.82 Å². The van der Waals surface area contributed by atoms with E-state index in [1.54, 1.807) is 35.6 Å². The molecule has 2 heterocycles. The summed E-state index contributed by atoms with van der Waals surface area (Å²) in [6, 6.07) is 7.38. The standard InChI is InChI=1S/C17H22N4O2/c1-13(2)20-16-15(6-4-8-19-16)17(23)21(9-10-22)12-14-5-3-7-18-11-14/h3-8,11,13,22H,9-10,12H2,1-2H3,(H,19,20). The predicted molar refractivity (Wildman–Crippen MR) is 89.1 cm³/mol. The Balaban J connectivity index is 2.24. The van der Waals surface area contributed by atoms with Crippen molar-refractivity contribution in [3.8, 4) is 0 Å². The minimum absolute atomic E-state index is 0.0980. The summed E-state index contributed by atoms with van der Waals surface area (Å²) in [5.41, 5.74) is 1.41. The van der Waals surface area contributed by atoms with Gasteiger partial charge < -0.3 is 15.3 Å². The van der Waals surface area contributed by atoms with Gasteiger partial charge in [-0.25, -0.2) is 4.98 Å². The lowest BCUT2D eigenvalue weighted by atomic mass is 10.2. The van der Waals surface area contributed by atoms with Crippen LogP contribution >= 0.6 is 0 Å². The largest absolute Gasteiger partial charge is 0.395 e. The fourth-order valence-corrected chi connectivity index (χ4v) is 2.22. The van der Waals surface area contributed by atoms with E-state index < -0.39 is 0 Å². The molecule has 0 radical (unpaired) electrons. The van der Waals surface area contributed by atoms with Crippen LogP contribution in [0.5, 0.6) is 0 Å². The molecule has 0 atom stereocenters. The highest BCUT2D eigenvalue weighted by atomic mass is 16.3. The molecule has 0 aliphatic heterocycles. The van der Waals surface area contributed by atoms with Gasteiger partial charge in [0, 0.05) is 37.7 Å². The fourth-order valence-electron chi connectivity index (χ4n) is 2.22. The molecule has 0 saturated heterocycles. The smallest absolute Gasteiger partial charge is 0.257 e. The first-order valence-electron chi connectivity index (χ1n) is 7.62. The number of pyridine rings is 2. The Labute approximate surface area is 136 Å². The van der Waals surface area contributed by atoms with Gasteiger partial charge in [-0.15, -0.1) is 0 Å². The molecule has 2 N–H and O–H groups in total. The molecule has 0 aromatic carbocycles. The molecule has 6 heteroatoms. The Morgan fingerprint density at radius 1 is 1.30 bits per heavy atom. The molecule has 1 amide bonds. The average Bonchev–Trinajstić information content (AvgIpc) is 2.55. The lowest BCUT2D eigenvalue weighted by molar-refractivity contribution is 0.0708. The number of aliphatic hydroxyl groups is 1. The summed E-state index contributed by atoms with van der Waals surface area (Å²) in [6.45, 7) is 4.53. The molecule has 0 saturated carbocycles. The van der Waals surface area contributed by atoms with E-state index in [-0.39, 0.29) is 25.1 Å². The third kappa shape index (κ3) is 4.75. The van der Waals surface area contributed by atoms with Crippen molar-refractivity contribution in [1.82, 2.24) is 14.9 Å². The van der Waals surface area contributed by atoms with Crippen LogP contribution in [-0.4, -0.2) is 45.1 Å². The zero-order chi connectivity index (χ0) is 16.7. The molecule has 0 unspecified atom stereocenters. The first kappa shape index (κ1) is 16.9. The number of aromatic nitrogens is 2. The van der Waals surface area contributed by atoms with Crippen LogP contribution in [0.25, 0.3) is 0 Å². The average molecular weight is 314 g/mol. The van der Waals surface area contributed by atoms with Gasteiger partial charge >= 0.3 is 0 Å². The topological polar surface area (TPSA) is 78.4 Å². The number of hydrogen-bond acceptors (Lipinski definition) is 5. The normalized spacial score (nSPS) is 10.6. The van der Waals surface area contributed by atoms with Gasteiger partial charge in [-0.05, 0) is 37.6 Å². The Bertz CT molecular complexity index is 632. The number of amides is 1. The molecule has 2 aromatic rings. The van der Waals surface area contributed by atoms with Crippen molar-refractivity contribution in [2.24, 2.45) is 0 Å². The Kier molecular flexibility index (Phi) is 6.05. The van der Waals surface area contributed by atoms with Gasteiger partial charge in [-0.3, -0.25) is 9.78 Å². The summed E-state index contributed by atoms with van der Waals surface area (Å²) < 4.78 is 0. The van der Waals surface area contributed by atoms with Crippen molar-refractivity contribution < 1.29 is 9.90 Å². The van der Waals surface area contributed by atoms with E-state index >= 15 is 0 Å². The predicted octanol–water partition coefficient (Wildman–Crippen LogP) is 1.93. The van der Waals surface area contributed by atoms with E-state index in [2.05, 4.69) is 15.3 Å². The summed E-state index contributed by atoms with van der Waals surface area (Å²) in [6.07, 6.45) is 5.06. The van der Waals surface area contributed by atoms with Crippen molar-refractivity contribution >= 4 is 11.7 Å². The number of nitrogens with one attached hydrogen (secondary N) is 1. The molecule has 0 aliphatic carbocycles. The number of carbonyl (C=O) groups is 1. The highest BCUT2D eigenvalue weighted by Crippen LogP contribution is 2.17. The molecule has 2 rings (SSSR count). The summed E-state index contributed by atoms with van der Waals surface area (Å²) in [7, 11) is 0. The van der Waals surface area contributed by atoms with Crippen molar-refractivity contribution in [2.45, 2.75) is 26.4 Å². The zero-order valence-electron chi connectivity index (χ0n) is 13.4. The molecule has 122 valence electrons. The van der Waals surface area contributed by atoms with Gasteiger partial charge in [0.2, 0.25) is 0 Å². The highest BCUT2D eigenvalue weighted by molar-refractivity contribution is 5.98. The summed E-state index contributed by atoms with van der Waals surface area (Å²) in [5.74, 6) is 0.390. The van der Waals surface area contributed by atoms with E-state index in [0.717, 1.165) is 5.56 Å². The quantitative estimate of drug-likeness (QED) is 0.816. The lowest BCUT2D eigenvalue weighted by Crippen LogP contribution is -2.34. The summed E-state index contributed by atoms with van der Waals surface area (Å²) >= 11 is 0. The molecular weight excluding hydrogens is 292 g/mol. The van der Waals surface area contributed by atoms with E-state index in [9.17, 15) is 9.90 Å². The van der Waals surface area contributed by atoms with Gasteiger partial charge in [0.25, 0.3) is 5.91 Å². The number of carbonyl (C=O) groups excluding carboxylic acids is 1. The fraction of sp³-hybridized carbons (Fsp3) is 0.353. The van der Waals surface area contributed by atoms with Gasteiger partial charge in [0.05, 0.1) is 12.2 Å². The van der Waals surface area contributed by atoms with Crippen LogP contribution in [0.4, 0.5) is 5.82 Å². The maximum absolute atomic E-state index is 12.9. The van der Waals surface area contributed by atoms with Gasteiger partial charge in [0.15, 0.2) is 0 Å². The second-order valence-corrected chi connectivity index (χ2v) is 5.51. The molecule has 23 heavy (non-hydrogen) atoms. The van der Waals surface area contributed by atoms with Crippen LogP contribution < -0.4 is 5.32 Å². The van der Waals surface area contributed by atoms with Gasteiger partial charge in [-0.1, -0.05) is 6.07 Å². The molecule has 0 aliphatic rings. The third-order valence-electron chi connectivity index (χ3n) is 3.22. The Hall–Kier alpha value is -2.47. The number of aliphatic hydroxyl groups excluding tert-OH is 1. The number of nitrogens with zero attached hydrogens (tertiary/aromatic N) is 3. The Morgan fingerprint density at radius 3 is 2.74 bits per heavy atom. The van der Waals surface area contributed by atoms with Gasteiger partial charge in [-0.2, -0.15) is 0 Å². The van der Waals surface area contributed by atoms with E-state index in [0.29, 0.717) is 17.9 Å². The first-order chi connectivity index (χ1) is 11.1. The maximum atomic E-state index is 12.9. The molecule has 2 aromatic heterocycles. The van der Waals surface area contributed by atoms with Crippen molar-refractivity contribution in [2.75, 3.05) is 18.5 Å². The van der Waals surface area contributed by atoms with E-state index in [1.807, 2.05) is 26.0 Å². The van der Waals surface area contributed by atoms with Crippen LogP contribution in [0.1, 0.15) is 29.8 Å². The Morgan fingerprint density at radius 2 is 2.09 bits per heavy atom. The van der Waals surface area contributed by atoms with E-state index in [4.69, 9.17) is 0 Å². The highest BCUT2D eigenvalue weighted by Gasteiger charge is 2.20. The van der Waals surface area contributed by atoms with Crippen molar-refractivity contribution in [3.63, 3.8) is 0 Å². The SMILES string of the molecule is CC(C)Nc1ncccc1C(=O)N(CCO)Cc1cccnc1. The van der Waals surface area contributed by atoms with Crippen molar-refractivity contribution in [1.29, 1.82) is 0 Å². The number of rotatable bonds is 7. The monoisotopic (exact) mass is 314 g/mol. The van der Waals surface area contributed by atoms with E-state index in [1.165, 1.54) is 0 Å². The molecule has 0 spiro atoms. The van der Waals surface area contributed by atoms with Crippen LogP contribution in [0, 0.1) is 0 Å². The molecule has 0 bridgehead atoms. The van der Waals surface area contributed by atoms with Crippen molar-refractivity contribution in [3.05, 3.63) is 54.0 Å². The second kappa shape index (κ2) is 8.24. The summed E-state index contributed by atoms with van der Waals surface area (Å²) in [5, 5.41) is 12.5. The molecular formula is C17H22N4O2. The van der Waals surface area contributed by atoms with Crippen LogP contribution in [0.3, 0.4) is 0 Å². The molecule has 6 nitrogen and oxygen atoms in total. The van der Waals surface area contributed by atoms with Crippen LogP contribution in [-0.2, 0) is 6.54 Å². The number of hydrogen-bond donors (Lipinski definition) is 2.